The number of nitrogens with zero attached hydrogens (tertiary/aromatic N) is 2. The van der Waals surface area contributed by atoms with Gasteiger partial charge in [0.25, 0.3) is 5.91 Å². The van der Waals surface area contributed by atoms with Gasteiger partial charge < -0.3 is 58.9 Å². The predicted octanol–water partition coefficient (Wildman–Crippen LogP) is -3.60. The number of nitrogens with two attached hydrogens (primary N) is 4. The number of phenols is 1. The standard InChI is InChI=1S/C34H52N12O8/c1-20-6-12-27(44-26(5-3-15-40-34(37)38)31(53)43-22(18-47)4-2-14-39-33(35)36)45-32(54)29(46-28(51)13-11-25(50)17-41-30(20)52)42-23(19-48)16-21-7-9-24(49)10-8-21/h6-10,12,18-20,22-23,26-27,29,42,44,49H,2-5,11,13-17H2,1H3,(H,41,52)(H,43,53)(H,45,54)(H,46,51)(H4,35,36,39)(H4,37,38,40)/b12-6+/t20-,22+,23+,26+,27-,29+/m1/s1. The van der Waals surface area contributed by atoms with Crippen LogP contribution in [0.25, 0.3) is 0 Å². The Balaban J connectivity index is 2.44. The van der Waals surface area contributed by atoms with E-state index < -0.39 is 65.8 Å². The summed E-state index contributed by atoms with van der Waals surface area (Å²) in [6.07, 6.45) is 1.82. The summed E-state index contributed by atoms with van der Waals surface area (Å²) in [6.45, 7) is 1.61. The molecule has 1 heterocycles. The zero-order valence-electron chi connectivity index (χ0n) is 30.2. The largest absolute Gasteiger partial charge is 0.508 e. The van der Waals surface area contributed by atoms with Crippen LogP contribution >= 0.6 is 0 Å². The number of ketones is 1. The molecule has 1 aromatic rings. The predicted molar refractivity (Wildman–Crippen MR) is 199 cm³/mol. The van der Waals surface area contributed by atoms with Gasteiger partial charge >= 0.3 is 0 Å². The lowest BCUT2D eigenvalue weighted by Crippen LogP contribution is -2.62. The number of phenolic OH excluding ortho intramolecular Hbond substituents is 1. The highest BCUT2D eigenvalue weighted by atomic mass is 16.3. The highest BCUT2D eigenvalue weighted by molar-refractivity contribution is 5.92. The van der Waals surface area contributed by atoms with Gasteiger partial charge in [-0.2, -0.15) is 0 Å². The Kier molecular flexibility index (Phi) is 19.4. The molecule has 2 rings (SSSR count). The molecule has 0 aliphatic carbocycles. The number of Topliss-reactive ketones (excluding diaryl/α,β-unsaturated/α-hetero) is 1. The van der Waals surface area contributed by atoms with E-state index in [9.17, 15) is 38.7 Å². The van der Waals surface area contributed by atoms with Crippen molar-refractivity contribution in [1.82, 2.24) is 31.9 Å². The monoisotopic (exact) mass is 756 g/mol. The topological polar surface area (TPSA) is 341 Å². The lowest BCUT2D eigenvalue weighted by atomic mass is 10.1. The van der Waals surface area contributed by atoms with Gasteiger partial charge in [0, 0.05) is 25.9 Å². The molecule has 0 bridgehead atoms. The lowest BCUT2D eigenvalue weighted by Gasteiger charge is -2.28. The Bertz CT molecular complexity index is 1530. The number of nitrogens with one attached hydrogen (secondary N) is 6. The number of carbonyl (C=O) groups excluding carboxylic acids is 7. The summed E-state index contributed by atoms with van der Waals surface area (Å²) in [5, 5.41) is 25.9. The first-order chi connectivity index (χ1) is 25.7. The zero-order chi connectivity index (χ0) is 40.0. The molecule has 0 fully saturated rings. The number of hydrogen-bond donors (Lipinski definition) is 11. The molecule has 1 aliphatic rings. The van der Waals surface area contributed by atoms with E-state index in [-0.39, 0.29) is 75.8 Å². The Morgan fingerprint density at radius 1 is 0.870 bits per heavy atom. The first-order valence-corrected chi connectivity index (χ1v) is 17.4. The maximum atomic E-state index is 13.9. The Labute approximate surface area is 312 Å². The Morgan fingerprint density at radius 3 is 2.11 bits per heavy atom. The second kappa shape index (κ2) is 23.6. The molecule has 0 unspecified atom stereocenters. The fourth-order valence-electron chi connectivity index (χ4n) is 5.08. The average Bonchev–Trinajstić information content (AvgIpc) is 3.13. The zero-order valence-corrected chi connectivity index (χ0v) is 30.2. The second-order valence-corrected chi connectivity index (χ2v) is 12.6. The molecular formula is C34H52N12O8. The van der Waals surface area contributed by atoms with Crippen molar-refractivity contribution in [3.8, 4) is 5.75 Å². The van der Waals surface area contributed by atoms with E-state index >= 15 is 0 Å². The SMILES string of the molecule is C[C@@H]1/C=C/[C@H](N[C@@H](CCCN=C(N)N)C(=O)N[C@H](C=O)CCCN=C(N)N)NC(=O)[C@@H](N[C@H](C=O)Cc2ccc(O)cc2)NC(=O)CCC(=O)CNC1=O. The molecule has 54 heavy (non-hydrogen) atoms. The molecule has 20 nitrogen and oxygen atoms in total. The van der Waals surface area contributed by atoms with Crippen LogP contribution in [0.2, 0.25) is 0 Å². The van der Waals surface area contributed by atoms with Gasteiger partial charge in [-0.15, -0.1) is 0 Å². The number of amides is 4. The minimum atomic E-state index is -1.52. The Morgan fingerprint density at radius 2 is 1.50 bits per heavy atom. The third kappa shape index (κ3) is 17.6. The third-order valence-electron chi connectivity index (χ3n) is 8.00. The number of benzene rings is 1. The van der Waals surface area contributed by atoms with Crippen LogP contribution in [0.1, 0.15) is 51.0 Å². The molecule has 20 heteroatoms. The van der Waals surface area contributed by atoms with Crippen LogP contribution in [-0.2, 0) is 40.0 Å². The number of aldehydes is 2. The van der Waals surface area contributed by atoms with Gasteiger partial charge in [-0.05, 0) is 49.8 Å². The summed E-state index contributed by atoms with van der Waals surface area (Å²) in [4.78, 5) is 97.5. The van der Waals surface area contributed by atoms with Crippen molar-refractivity contribution in [2.75, 3.05) is 19.6 Å². The molecule has 1 aliphatic heterocycles. The van der Waals surface area contributed by atoms with Gasteiger partial charge in [0.2, 0.25) is 17.7 Å². The van der Waals surface area contributed by atoms with Crippen LogP contribution in [0.4, 0.5) is 0 Å². The van der Waals surface area contributed by atoms with E-state index in [4.69, 9.17) is 22.9 Å². The molecule has 1 aromatic carbocycles. The van der Waals surface area contributed by atoms with Crippen molar-refractivity contribution in [1.29, 1.82) is 0 Å². The highest BCUT2D eigenvalue weighted by Crippen LogP contribution is 2.12. The van der Waals surface area contributed by atoms with Gasteiger partial charge in [0.05, 0.1) is 36.8 Å². The van der Waals surface area contributed by atoms with Crippen LogP contribution in [0.5, 0.6) is 5.75 Å². The maximum Gasteiger partial charge on any atom is 0.259 e. The quantitative estimate of drug-likeness (QED) is 0.0227. The first kappa shape index (κ1) is 44.3. The molecule has 296 valence electrons. The van der Waals surface area contributed by atoms with E-state index in [0.717, 1.165) is 0 Å². The molecule has 6 atom stereocenters. The summed E-state index contributed by atoms with van der Waals surface area (Å²) in [5.74, 6) is -4.14. The summed E-state index contributed by atoms with van der Waals surface area (Å²) in [5.41, 5.74) is 22.2. The second-order valence-electron chi connectivity index (χ2n) is 12.6. The molecule has 0 aromatic heterocycles. The fourth-order valence-corrected chi connectivity index (χ4v) is 5.08. The number of hydrogen-bond acceptors (Lipinski definition) is 12. The molecule has 15 N–H and O–H groups in total. The van der Waals surface area contributed by atoms with Crippen LogP contribution < -0.4 is 54.8 Å². The van der Waals surface area contributed by atoms with E-state index in [1.54, 1.807) is 19.1 Å². The highest BCUT2D eigenvalue weighted by Gasteiger charge is 2.29. The molecule has 4 amide bonds. The van der Waals surface area contributed by atoms with Crippen molar-refractivity contribution >= 4 is 53.9 Å². The van der Waals surface area contributed by atoms with Gasteiger partial charge in [-0.25, -0.2) is 0 Å². The lowest BCUT2D eigenvalue weighted by molar-refractivity contribution is -0.131. The fraction of sp³-hybridized carbons (Fsp3) is 0.500. The van der Waals surface area contributed by atoms with Crippen molar-refractivity contribution in [3.63, 3.8) is 0 Å². The molecule has 0 saturated heterocycles. The molecule has 0 radical (unpaired) electrons. The summed E-state index contributed by atoms with van der Waals surface area (Å²) in [6, 6.07) is 3.07. The number of guanidine groups is 2. The number of aromatic hydroxyl groups is 1. The van der Waals surface area contributed by atoms with Gasteiger partial charge in [0.15, 0.2) is 23.9 Å². The summed E-state index contributed by atoms with van der Waals surface area (Å²) in [7, 11) is 0. The average molecular weight is 757 g/mol. The van der Waals surface area contributed by atoms with Crippen molar-refractivity contribution < 1.29 is 38.7 Å². The smallest absolute Gasteiger partial charge is 0.259 e. The summed E-state index contributed by atoms with van der Waals surface area (Å²) >= 11 is 0. The van der Waals surface area contributed by atoms with Crippen LogP contribution in [0.3, 0.4) is 0 Å². The van der Waals surface area contributed by atoms with Crippen LogP contribution in [0, 0.1) is 5.92 Å². The number of rotatable bonds is 18. The normalized spacial score (nSPS) is 20.6. The first-order valence-electron chi connectivity index (χ1n) is 17.4. The maximum absolute atomic E-state index is 13.9. The van der Waals surface area contributed by atoms with Crippen LogP contribution in [0.15, 0.2) is 46.4 Å². The van der Waals surface area contributed by atoms with E-state index in [0.29, 0.717) is 24.6 Å². The molecule has 0 spiro atoms. The third-order valence-corrected chi connectivity index (χ3v) is 8.00. The van der Waals surface area contributed by atoms with Crippen molar-refractivity contribution in [2.45, 2.75) is 82.3 Å². The number of aliphatic imine (C=N–C) groups is 2. The minimum absolute atomic E-state index is 0.0166. The van der Waals surface area contributed by atoms with Crippen LogP contribution in [-0.4, -0.2) is 109 Å². The number of carbonyl (C=O) groups is 7. The van der Waals surface area contributed by atoms with Crippen molar-refractivity contribution in [3.05, 3.63) is 42.0 Å². The molecule has 0 saturated carbocycles. The van der Waals surface area contributed by atoms with Crippen molar-refractivity contribution in [2.24, 2.45) is 38.8 Å². The van der Waals surface area contributed by atoms with E-state index in [1.165, 1.54) is 24.3 Å². The van der Waals surface area contributed by atoms with E-state index in [2.05, 4.69) is 41.9 Å². The van der Waals surface area contributed by atoms with Gasteiger partial charge in [-0.1, -0.05) is 31.2 Å². The van der Waals surface area contributed by atoms with Gasteiger partial charge in [0.1, 0.15) is 18.3 Å². The summed E-state index contributed by atoms with van der Waals surface area (Å²) < 4.78 is 0. The molecular weight excluding hydrogens is 704 g/mol. The Hall–Kier alpha value is -5.89. The van der Waals surface area contributed by atoms with E-state index in [1.807, 2.05) is 0 Å². The van der Waals surface area contributed by atoms with Gasteiger partial charge in [-0.3, -0.25) is 44.6 Å². The minimum Gasteiger partial charge on any atom is -0.508 e.